The van der Waals surface area contributed by atoms with Crippen molar-refractivity contribution in [2.24, 2.45) is 17.6 Å². The van der Waals surface area contributed by atoms with Crippen LogP contribution in [-0.4, -0.2) is 15.3 Å². The van der Waals surface area contributed by atoms with Gasteiger partial charge in [-0.15, -0.1) is 0 Å². The molecule has 2 atom stereocenters. The van der Waals surface area contributed by atoms with Crippen molar-refractivity contribution in [1.29, 1.82) is 0 Å². The quantitative estimate of drug-likeness (QED) is 0.903. The Hall–Kier alpha value is -0.830. The van der Waals surface area contributed by atoms with E-state index in [1.807, 2.05) is 4.68 Å². The van der Waals surface area contributed by atoms with Gasteiger partial charge in [0.05, 0.1) is 5.69 Å². The summed E-state index contributed by atoms with van der Waals surface area (Å²) in [6, 6.07) is 2.59. The van der Waals surface area contributed by atoms with E-state index in [0.29, 0.717) is 6.04 Å². The molecule has 1 aromatic heterocycles. The molecule has 2 fully saturated rings. The molecule has 2 aliphatic rings. The molecule has 3 nitrogen and oxygen atoms in total. The molecular formula is C16H27N3. The van der Waals surface area contributed by atoms with Crippen molar-refractivity contribution < 1.29 is 0 Å². The second-order valence-corrected chi connectivity index (χ2v) is 7.11. The second kappa shape index (κ2) is 4.93. The van der Waals surface area contributed by atoms with E-state index in [1.54, 1.807) is 0 Å². The van der Waals surface area contributed by atoms with Crippen molar-refractivity contribution in [3.8, 4) is 0 Å². The van der Waals surface area contributed by atoms with Gasteiger partial charge in [-0.05, 0) is 57.4 Å². The third kappa shape index (κ3) is 3.02. The lowest BCUT2D eigenvalue weighted by molar-refractivity contribution is 0.203. The van der Waals surface area contributed by atoms with E-state index in [9.17, 15) is 0 Å². The van der Waals surface area contributed by atoms with E-state index in [0.717, 1.165) is 18.3 Å². The van der Waals surface area contributed by atoms with Gasteiger partial charge in [-0.1, -0.05) is 12.8 Å². The van der Waals surface area contributed by atoms with Gasteiger partial charge in [0.25, 0.3) is 0 Å². The van der Waals surface area contributed by atoms with Gasteiger partial charge < -0.3 is 5.73 Å². The van der Waals surface area contributed by atoms with E-state index in [-0.39, 0.29) is 5.54 Å². The molecule has 0 amide bonds. The minimum atomic E-state index is 0.00166. The van der Waals surface area contributed by atoms with E-state index in [4.69, 9.17) is 5.73 Å². The molecule has 0 saturated heterocycles. The van der Waals surface area contributed by atoms with Crippen LogP contribution in [0, 0.1) is 11.8 Å². The fraction of sp³-hybridized carbons (Fsp3) is 0.812. The molecule has 3 heteroatoms. The van der Waals surface area contributed by atoms with Gasteiger partial charge in [-0.2, -0.15) is 5.10 Å². The lowest BCUT2D eigenvalue weighted by atomic mass is 9.72. The maximum atomic E-state index is 6.68. The molecule has 3 rings (SSSR count). The smallest absolute Gasteiger partial charge is 0.0643 e. The molecule has 0 bridgehead atoms. The Morgan fingerprint density at radius 1 is 1.37 bits per heavy atom. The van der Waals surface area contributed by atoms with Crippen LogP contribution in [0.3, 0.4) is 0 Å². The molecule has 2 aliphatic carbocycles. The van der Waals surface area contributed by atoms with Crippen LogP contribution in [-0.2, 0) is 6.42 Å². The van der Waals surface area contributed by atoms with Crippen LogP contribution in [0.25, 0.3) is 0 Å². The minimum absolute atomic E-state index is 0.00166. The van der Waals surface area contributed by atoms with Crippen LogP contribution >= 0.6 is 0 Å². The zero-order valence-corrected chi connectivity index (χ0v) is 12.3. The summed E-state index contributed by atoms with van der Waals surface area (Å²) in [6.07, 6.45) is 11.0. The SMILES string of the molecule is CC(C)n1ccc(CC2(N)CCCC(C3CC3)C2)n1. The van der Waals surface area contributed by atoms with Crippen LogP contribution in [0.1, 0.15) is 64.1 Å². The predicted octanol–water partition coefficient (Wildman–Crippen LogP) is 3.30. The fourth-order valence-electron chi connectivity index (χ4n) is 3.69. The van der Waals surface area contributed by atoms with Crippen molar-refractivity contribution in [3.63, 3.8) is 0 Å². The van der Waals surface area contributed by atoms with Crippen molar-refractivity contribution in [2.45, 2.75) is 70.4 Å². The summed E-state index contributed by atoms with van der Waals surface area (Å²) in [4.78, 5) is 0. The van der Waals surface area contributed by atoms with E-state index in [2.05, 4.69) is 31.2 Å². The first-order chi connectivity index (χ1) is 9.06. The lowest BCUT2D eigenvalue weighted by Gasteiger charge is -2.38. The fourth-order valence-corrected chi connectivity index (χ4v) is 3.69. The Bertz CT molecular complexity index is 433. The summed E-state index contributed by atoms with van der Waals surface area (Å²) >= 11 is 0. The highest BCUT2D eigenvalue weighted by molar-refractivity contribution is 5.08. The van der Waals surface area contributed by atoms with E-state index < -0.39 is 0 Å². The molecule has 2 N–H and O–H groups in total. The van der Waals surface area contributed by atoms with Gasteiger partial charge in [-0.3, -0.25) is 4.68 Å². The van der Waals surface area contributed by atoms with Crippen molar-refractivity contribution >= 4 is 0 Å². The highest BCUT2D eigenvalue weighted by atomic mass is 15.3. The Labute approximate surface area is 116 Å². The molecule has 19 heavy (non-hydrogen) atoms. The Morgan fingerprint density at radius 2 is 2.16 bits per heavy atom. The molecular weight excluding hydrogens is 234 g/mol. The number of rotatable bonds is 4. The van der Waals surface area contributed by atoms with Gasteiger partial charge in [0.1, 0.15) is 0 Å². The third-order valence-electron chi connectivity index (χ3n) is 4.93. The topological polar surface area (TPSA) is 43.8 Å². The van der Waals surface area contributed by atoms with E-state index in [1.165, 1.54) is 44.2 Å². The molecule has 106 valence electrons. The zero-order chi connectivity index (χ0) is 13.5. The summed E-state index contributed by atoms with van der Waals surface area (Å²) in [5.74, 6) is 1.89. The number of aromatic nitrogens is 2. The van der Waals surface area contributed by atoms with Crippen molar-refractivity contribution in [3.05, 3.63) is 18.0 Å². The summed E-state index contributed by atoms with van der Waals surface area (Å²) in [6.45, 7) is 4.33. The number of hydrogen-bond acceptors (Lipinski definition) is 2. The second-order valence-electron chi connectivity index (χ2n) is 7.11. The Morgan fingerprint density at radius 3 is 2.79 bits per heavy atom. The average Bonchev–Trinajstić information content (AvgIpc) is 3.10. The molecule has 2 unspecified atom stereocenters. The van der Waals surface area contributed by atoms with Gasteiger partial charge in [0.15, 0.2) is 0 Å². The maximum Gasteiger partial charge on any atom is 0.0643 e. The summed E-state index contributed by atoms with van der Waals surface area (Å²) in [7, 11) is 0. The van der Waals surface area contributed by atoms with Crippen molar-refractivity contribution in [1.82, 2.24) is 9.78 Å². The molecule has 0 radical (unpaired) electrons. The van der Waals surface area contributed by atoms with Gasteiger partial charge in [0.2, 0.25) is 0 Å². The third-order valence-corrected chi connectivity index (χ3v) is 4.93. The maximum absolute atomic E-state index is 6.68. The lowest BCUT2D eigenvalue weighted by Crippen LogP contribution is -2.46. The van der Waals surface area contributed by atoms with Gasteiger partial charge in [0, 0.05) is 24.2 Å². The molecule has 0 aromatic carbocycles. The van der Waals surface area contributed by atoms with E-state index >= 15 is 0 Å². The van der Waals surface area contributed by atoms with Crippen LogP contribution in [0.2, 0.25) is 0 Å². The highest BCUT2D eigenvalue weighted by Crippen LogP contribution is 2.46. The minimum Gasteiger partial charge on any atom is -0.325 e. The molecule has 0 spiro atoms. The number of nitrogens with zero attached hydrogens (tertiary/aromatic N) is 2. The molecule has 2 saturated carbocycles. The van der Waals surface area contributed by atoms with Crippen LogP contribution in [0.5, 0.6) is 0 Å². The van der Waals surface area contributed by atoms with Crippen molar-refractivity contribution in [2.75, 3.05) is 0 Å². The first-order valence-corrected chi connectivity index (χ1v) is 7.89. The average molecular weight is 261 g/mol. The monoisotopic (exact) mass is 261 g/mol. The Kier molecular flexibility index (Phi) is 3.42. The highest BCUT2D eigenvalue weighted by Gasteiger charge is 2.40. The van der Waals surface area contributed by atoms with Gasteiger partial charge >= 0.3 is 0 Å². The van der Waals surface area contributed by atoms with Crippen LogP contribution < -0.4 is 5.73 Å². The molecule has 0 aliphatic heterocycles. The molecule has 1 heterocycles. The van der Waals surface area contributed by atoms with Crippen LogP contribution in [0.4, 0.5) is 0 Å². The first kappa shape index (κ1) is 13.2. The predicted molar refractivity (Wildman–Crippen MR) is 77.9 cm³/mol. The number of hydrogen-bond donors (Lipinski definition) is 1. The van der Waals surface area contributed by atoms with Gasteiger partial charge in [-0.25, -0.2) is 0 Å². The standard InChI is InChI=1S/C16H27N3/c1-12(2)19-9-7-15(18-19)11-16(17)8-3-4-14(10-16)13-5-6-13/h7,9,12-14H,3-6,8,10-11,17H2,1-2H3. The Balaban J connectivity index is 1.66. The summed E-state index contributed by atoms with van der Waals surface area (Å²) < 4.78 is 2.04. The first-order valence-electron chi connectivity index (χ1n) is 7.89. The van der Waals surface area contributed by atoms with Crippen LogP contribution in [0.15, 0.2) is 12.3 Å². The molecule has 1 aromatic rings. The zero-order valence-electron chi connectivity index (χ0n) is 12.3. The normalized spacial score (nSPS) is 31.9. The largest absolute Gasteiger partial charge is 0.325 e. The summed E-state index contributed by atoms with van der Waals surface area (Å²) in [5, 5.41) is 4.67. The summed E-state index contributed by atoms with van der Waals surface area (Å²) in [5.41, 5.74) is 7.86. The number of nitrogens with two attached hydrogens (primary N) is 1.